The van der Waals surface area contributed by atoms with Crippen molar-refractivity contribution in [2.24, 2.45) is 9.98 Å². The standard InChI is InChI=1S/C53H32N4OS/c1-2-14-33-30-45-42(28-32(33)13-1)36-17-5-8-21-44(36)57(45)49-41(26-25-39-38-19-7-10-23-48(38)59-50(39)49)53-55-51(34-24-27-47-43(29-34)37-18-6-9-22-46(37)58-47)54-52(56-53)40-20-11-15-31-12-3-4-16-35(31)40/h1-30,53H,(H,54,55,56). The van der Waals surface area contributed by atoms with Gasteiger partial charge in [0.05, 0.1) is 21.4 Å². The molecule has 4 heterocycles. The zero-order valence-electron chi connectivity index (χ0n) is 31.6. The van der Waals surface area contributed by atoms with E-state index >= 15 is 0 Å². The van der Waals surface area contributed by atoms with Crippen molar-refractivity contribution in [1.29, 1.82) is 0 Å². The lowest BCUT2D eigenvalue weighted by Gasteiger charge is -2.25. The molecule has 0 saturated heterocycles. The Morgan fingerprint density at radius 1 is 0.475 bits per heavy atom. The quantitative estimate of drug-likeness (QED) is 0.194. The lowest BCUT2D eigenvalue weighted by Crippen LogP contribution is -2.36. The van der Waals surface area contributed by atoms with Gasteiger partial charge in [-0.3, -0.25) is 0 Å². The number of aromatic nitrogens is 1. The Morgan fingerprint density at radius 2 is 1.17 bits per heavy atom. The first-order valence-corrected chi connectivity index (χ1v) is 20.7. The van der Waals surface area contributed by atoms with E-state index in [1.54, 1.807) is 0 Å². The van der Waals surface area contributed by atoms with Crippen LogP contribution in [0.1, 0.15) is 22.9 Å². The molecule has 9 aromatic carbocycles. The van der Waals surface area contributed by atoms with Crippen molar-refractivity contribution in [3.8, 4) is 5.69 Å². The maximum absolute atomic E-state index is 6.26. The maximum atomic E-state index is 6.26. The summed E-state index contributed by atoms with van der Waals surface area (Å²) in [6, 6.07) is 65.0. The number of thiophene rings is 1. The van der Waals surface area contributed by atoms with Crippen LogP contribution in [0, 0.1) is 0 Å². The van der Waals surface area contributed by atoms with Crippen LogP contribution in [0.15, 0.2) is 196 Å². The number of hydrogen-bond acceptors (Lipinski definition) is 5. The van der Waals surface area contributed by atoms with Crippen molar-refractivity contribution >= 4 is 108 Å². The summed E-state index contributed by atoms with van der Waals surface area (Å²) in [5.41, 5.74) is 8.17. The highest BCUT2D eigenvalue weighted by Gasteiger charge is 2.28. The van der Waals surface area contributed by atoms with Crippen LogP contribution in [0.5, 0.6) is 0 Å². The molecule has 1 N–H and O–H groups in total. The summed E-state index contributed by atoms with van der Waals surface area (Å²) in [5.74, 6) is 1.54. The summed E-state index contributed by atoms with van der Waals surface area (Å²) in [6.45, 7) is 0. The number of amidine groups is 2. The topological polar surface area (TPSA) is 54.8 Å². The summed E-state index contributed by atoms with van der Waals surface area (Å²) in [7, 11) is 0. The molecule has 5 nitrogen and oxygen atoms in total. The SMILES string of the molecule is c1ccc2cc3c(cc2c1)c1ccccc1n3-c1c(C2N=C(c3ccc4oc5ccccc5c4c3)NC(c3cccc4ccccc34)=N2)ccc2c1sc1ccccc12. The largest absolute Gasteiger partial charge is 0.456 e. The highest BCUT2D eigenvalue weighted by Crippen LogP contribution is 2.45. The van der Waals surface area contributed by atoms with E-state index < -0.39 is 6.17 Å². The number of aliphatic imine (C=N–C) groups is 2. The number of furan rings is 1. The summed E-state index contributed by atoms with van der Waals surface area (Å²) in [5, 5.41) is 15.5. The van der Waals surface area contributed by atoms with Crippen LogP contribution in [0.3, 0.4) is 0 Å². The molecular formula is C53H32N4OS. The van der Waals surface area contributed by atoms with Crippen LogP contribution in [0.25, 0.3) is 91.1 Å². The molecule has 3 aromatic heterocycles. The smallest absolute Gasteiger partial charge is 0.171 e. The Balaban J connectivity index is 1.13. The third-order valence-corrected chi connectivity index (χ3v) is 13.2. The molecule has 0 bridgehead atoms. The molecule has 0 radical (unpaired) electrons. The van der Waals surface area contributed by atoms with Gasteiger partial charge >= 0.3 is 0 Å². The van der Waals surface area contributed by atoms with Crippen molar-refractivity contribution in [2.75, 3.05) is 0 Å². The van der Waals surface area contributed by atoms with Crippen molar-refractivity contribution < 1.29 is 4.42 Å². The molecule has 0 saturated carbocycles. The Labute approximate surface area is 341 Å². The van der Waals surface area contributed by atoms with Gasteiger partial charge in [0, 0.05) is 53.7 Å². The first-order valence-electron chi connectivity index (χ1n) is 19.9. The summed E-state index contributed by atoms with van der Waals surface area (Å²) in [4.78, 5) is 11.2. The molecule has 13 rings (SSSR count). The van der Waals surface area contributed by atoms with E-state index in [1.807, 2.05) is 23.5 Å². The third kappa shape index (κ3) is 4.90. The minimum Gasteiger partial charge on any atom is -0.456 e. The van der Waals surface area contributed by atoms with E-state index in [-0.39, 0.29) is 0 Å². The number of fused-ring (bicyclic) bond motifs is 11. The van der Waals surface area contributed by atoms with Crippen molar-refractivity contribution in [3.63, 3.8) is 0 Å². The van der Waals surface area contributed by atoms with Crippen LogP contribution >= 0.6 is 11.3 Å². The van der Waals surface area contributed by atoms with Crippen molar-refractivity contribution in [1.82, 2.24) is 9.88 Å². The van der Waals surface area contributed by atoms with Crippen LogP contribution in [-0.2, 0) is 0 Å². The molecule has 276 valence electrons. The number of para-hydroxylation sites is 2. The predicted molar refractivity (Wildman–Crippen MR) is 248 cm³/mol. The van der Waals surface area contributed by atoms with Crippen LogP contribution in [0.2, 0.25) is 0 Å². The van der Waals surface area contributed by atoms with Gasteiger partial charge in [0.2, 0.25) is 0 Å². The number of nitrogens with zero attached hydrogens (tertiary/aromatic N) is 3. The van der Waals surface area contributed by atoms with Gasteiger partial charge in [-0.2, -0.15) is 0 Å². The predicted octanol–water partition coefficient (Wildman–Crippen LogP) is 13.9. The maximum Gasteiger partial charge on any atom is 0.171 e. The number of benzene rings is 9. The first-order chi connectivity index (χ1) is 29.2. The molecule has 0 spiro atoms. The average Bonchev–Trinajstić information content (AvgIpc) is 3.97. The van der Waals surface area contributed by atoms with Gasteiger partial charge in [-0.25, -0.2) is 9.98 Å². The fourth-order valence-corrected chi connectivity index (χ4v) is 10.6. The molecule has 12 aromatic rings. The monoisotopic (exact) mass is 772 g/mol. The Kier molecular flexibility index (Phi) is 6.88. The van der Waals surface area contributed by atoms with Gasteiger partial charge in [-0.15, -0.1) is 11.3 Å². The van der Waals surface area contributed by atoms with E-state index in [4.69, 9.17) is 14.4 Å². The van der Waals surface area contributed by atoms with Crippen LogP contribution in [-0.4, -0.2) is 16.2 Å². The highest BCUT2D eigenvalue weighted by molar-refractivity contribution is 7.26. The Morgan fingerprint density at radius 3 is 2.07 bits per heavy atom. The molecule has 1 aliphatic rings. The van der Waals surface area contributed by atoms with Crippen LogP contribution < -0.4 is 5.32 Å². The van der Waals surface area contributed by atoms with Gasteiger partial charge in [0.1, 0.15) is 22.8 Å². The van der Waals surface area contributed by atoms with E-state index in [1.165, 1.54) is 41.7 Å². The van der Waals surface area contributed by atoms with Crippen molar-refractivity contribution in [3.05, 3.63) is 199 Å². The number of hydrogen-bond donors (Lipinski definition) is 1. The van der Waals surface area contributed by atoms with Gasteiger partial charge in [-0.1, -0.05) is 133 Å². The number of rotatable bonds is 4. The van der Waals surface area contributed by atoms with E-state index in [9.17, 15) is 0 Å². The second-order valence-electron chi connectivity index (χ2n) is 15.3. The van der Waals surface area contributed by atoms with Crippen molar-refractivity contribution in [2.45, 2.75) is 6.17 Å². The molecule has 59 heavy (non-hydrogen) atoms. The van der Waals surface area contributed by atoms with E-state index in [0.717, 1.165) is 77.8 Å². The van der Waals surface area contributed by atoms with Crippen LogP contribution in [0.4, 0.5) is 0 Å². The molecule has 1 aliphatic heterocycles. The highest BCUT2D eigenvalue weighted by atomic mass is 32.1. The summed E-state index contributed by atoms with van der Waals surface area (Å²) >= 11 is 1.84. The molecule has 0 amide bonds. The summed E-state index contributed by atoms with van der Waals surface area (Å²) < 4.78 is 11.2. The lowest BCUT2D eigenvalue weighted by atomic mass is 10.0. The fraction of sp³-hybridized carbons (Fsp3) is 0.0189. The molecule has 0 aliphatic carbocycles. The Bertz CT molecular complexity index is 3780. The van der Waals surface area contributed by atoms with E-state index in [2.05, 4.69) is 180 Å². The Hall–Kier alpha value is -7.54. The average molecular weight is 773 g/mol. The van der Waals surface area contributed by atoms with Gasteiger partial charge in [0.25, 0.3) is 0 Å². The van der Waals surface area contributed by atoms with Gasteiger partial charge in [-0.05, 0) is 70.1 Å². The minimum absolute atomic E-state index is 0.571. The lowest BCUT2D eigenvalue weighted by molar-refractivity contribution is 0.669. The third-order valence-electron chi connectivity index (χ3n) is 12.0. The zero-order valence-corrected chi connectivity index (χ0v) is 32.4. The second kappa shape index (κ2) is 12.5. The molecule has 6 heteroatoms. The first kappa shape index (κ1) is 32.5. The summed E-state index contributed by atoms with van der Waals surface area (Å²) in [6.07, 6.45) is -0.571. The molecule has 1 atom stereocenters. The van der Waals surface area contributed by atoms with Gasteiger partial charge in [0.15, 0.2) is 6.17 Å². The minimum atomic E-state index is -0.571. The van der Waals surface area contributed by atoms with Gasteiger partial charge < -0.3 is 14.3 Å². The normalized spacial score (nSPS) is 14.6. The molecule has 0 fully saturated rings. The fourth-order valence-electron chi connectivity index (χ4n) is 9.30. The molecular weight excluding hydrogens is 741 g/mol. The number of nitrogens with one attached hydrogen (secondary N) is 1. The van der Waals surface area contributed by atoms with E-state index in [0.29, 0.717) is 0 Å². The molecule has 1 unspecified atom stereocenters. The zero-order chi connectivity index (χ0) is 38.6. The second-order valence-corrected chi connectivity index (χ2v) is 16.4.